The van der Waals surface area contributed by atoms with Crippen molar-refractivity contribution < 1.29 is 19.1 Å². The zero-order valence-corrected chi connectivity index (χ0v) is 21.9. The number of nitrogens with zero attached hydrogens (tertiary/aromatic N) is 4. The first-order valence-corrected chi connectivity index (χ1v) is 13.2. The summed E-state index contributed by atoms with van der Waals surface area (Å²) in [5, 5.41) is 22.3. The van der Waals surface area contributed by atoms with Gasteiger partial charge >= 0.3 is 12.2 Å². The van der Waals surface area contributed by atoms with Crippen molar-refractivity contribution in [3.63, 3.8) is 0 Å². The lowest BCUT2D eigenvalue weighted by atomic mass is 9.78. The molecule has 0 saturated heterocycles. The summed E-state index contributed by atoms with van der Waals surface area (Å²) in [4.78, 5) is 24.2. The summed E-state index contributed by atoms with van der Waals surface area (Å²) in [6.45, 7) is 0.361. The van der Waals surface area contributed by atoms with Crippen LogP contribution in [0.5, 0.6) is 0 Å². The van der Waals surface area contributed by atoms with E-state index < -0.39 is 12.2 Å². The number of nitrogens with one attached hydrogen (secondary N) is 2. The Bertz CT molecular complexity index is 1280. The standard InChI is InChI=1S/C30H30N6O4/c37-29(39-19-21-8-3-1-4-9-21)31-27-16-14-25(33-35-27)23-12-7-13-24(18-23)26-15-17-28(36-34-26)32-30(38)40-20-22-10-5-2-6-11-22/h1-6,8-11,14-17,23-24H,7,12-13,18-20H2,(H,31,35,37)(H,32,36,38). The number of carbonyl (C=O) groups excluding carboxylic acids is 2. The maximum absolute atomic E-state index is 12.1. The molecule has 4 aromatic rings. The molecule has 1 aliphatic rings. The fourth-order valence-corrected chi connectivity index (χ4v) is 4.71. The second-order valence-electron chi connectivity index (χ2n) is 9.62. The van der Waals surface area contributed by atoms with Crippen LogP contribution in [0.2, 0.25) is 0 Å². The molecule has 0 spiro atoms. The number of ether oxygens (including phenoxy) is 2. The summed E-state index contributed by atoms with van der Waals surface area (Å²) in [6, 6.07) is 26.2. The number of carbonyl (C=O) groups is 2. The smallest absolute Gasteiger partial charge is 0.413 e. The second-order valence-corrected chi connectivity index (χ2v) is 9.62. The Morgan fingerprint density at radius 3 is 1.48 bits per heavy atom. The zero-order chi connectivity index (χ0) is 27.6. The van der Waals surface area contributed by atoms with E-state index in [9.17, 15) is 9.59 Å². The molecule has 2 aromatic heterocycles. The minimum atomic E-state index is -0.579. The van der Waals surface area contributed by atoms with E-state index in [0.717, 1.165) is 48.2 Å². The van der Waals surface area contributed by atoms with Gasteiger partial charge in [-0.25, -0.2) is 9.59 Å². The molecule has 0 radical (unpaired) electrons. The quantitative estimate of drug-likeness (QED) is 0.271. The van der Waals surface area contributed by atoms with E-state index in [4.69, 9.17) is 9.47 Å². The number of amides is 2. The Morgan fingerprint density at radius 1 is 0.625 bits per heavy atom. The van der Waals surface area contributed by atoms with E-state index in [0.29, 0.717) is 11.6 Å². The molecule has 0 aliphatic heterocycles. The van der Waals surface area contributed by atoms with Gasteiger partial charge in [-0.1, -0.05) is 67.1 Å². The van der Waals surface area contributed by atoms with E-state index >= 15 is 0 Å². The molecule has 204 valence electrons. The summed E-state index contributed by atoms with van der Waals surface area (Å²) in [7, 11) is 0. The van der Waals surface area contributed by atoms with Gasteiger partial charge in [0.1, 0.15) is 13.2 Å². The molecule has 2 amide bonds. The van der Waals surface area contributed by atoms with Crippen LogP contribution < -0.4 is 10.6 Å². The number of aromatic nitrogens is 4. The van der Waals surface area contributed by atoms with Crippen LogP contribution in [0.15, 0.2) is 84.9 Å². The van der Waals surface area contributed by atoms with Gasteiger partial charge in [0.05, 0.1) is 11.4 Å². The largest absolute Gasteiger partial charge is 0.444 e. The minimum absolute atomic E-state index is 0.180. The van der Waals surface area contributed by atoms with Crippen molar-refractivity contribution in [2.24, 2.45) is 0 Å². The lowest BCUT2D eigenvalue weighted by Crippen LogP contribution is -2.18. The topological polar surface area (TPSA) is 128 Å². The molecular formula is C30H30N6O4. The first-order valence-electron chi connectivity index (χ1n) is 13.2. The van der Waals surface area contributed by atoms with Crippen molar-refractivity contribution in [1.82, 2.24) is 20.4 Å². The van der Waals surface area contributed by atoms with Crippen LogP contribution in [0.1, 0.15) is 60.0 Å². The Kier molecular flexibility index (Phi) is 8.87. The predicted octanol–water partition coefficient (Wildman–Crippen LogP) is 6.21. The lowest BCUT2D eigenvalue weighted by molar-refractivity contribution is 0.154. The Balaban J connectivity index is 1.10. The number of anilines is 2. The molecule has 10 heteroatoms. The molecule has 2 unspecified atom stereocenters. The number of rotatable bonds is 8. The van der Waals surface area contributed by atoms with Gasteiger partial charge in [-0.2, -0.15) is 10.2 Å². The normalized spacial score (nSPS) is 16.5. The molecule has 1 fully saturated rings. The summed E-state index contributed by atoms with van der Waals surface area (Å²) in [5.41, 5.74) is 3.56. The van der Waals surface area contributed by atoms with E-state index in [2.05, 4.69) is 31.0 Å². The van der Waals surface area contributed by atoms with E-state index in [1.54, 1.807) is 12.1 Å². The number of benzene rings is 2. The van der Waals surface area contributed by atoms with Crippen LogP contribution in [0, 0.1) is 0 Å². The van der Waals surface area contributed by atoms with Crippen molar-refractivity contribution in [3.05, 3.63) is 107 Å². The summed E-state index contributed by atoms with van der Waals surface area (Å²) < 4.78 is 10.5. The molecule has 40 heavy (non-hydrogen) atoms. The highest BCUT2D eigenvalue weighted by Crippen LogP contribution is 2.40. The van der Waals surface area contributed by atoms with Gasteiger partial charge in [0.15, 0.2) is 11.6 Å². The van der Waals surface area contributed by atoms with Gasteiger partial charge in [-0.15, -0.1) is 10.2 Å². The van der Waals surface area contributed by atoms with E-state index in [1.807, 2.05) is 72.8 Å². The molecule has 5 rings (SSSR count). The highest BCUT2D eigenvalue weighted by Gasteiger charge is 2.27. The van der Waals surface area contributed by atoms with Crippen molar-refractivity contribution in [3.8, 4) is 0 Å². The van der Waals surface area contributed by atoms with Crippen molar-refractivity contribution >= 4 is 23.8 Å². The molecule has 0 bridgehead atoms. The van der Waals surface area contributed by atoms with Crippen LogP contribution in [0.25, 0.3) is 0 Å². The molecule has 2 atom stereocenters. The average molecular weight is 539 g/mol. The van der Waals surface area contributed by atoms with Crippen molar-refractivity contribution in [2.45, 2.75) is 50.7 Å². The highest BCUT2D eigenvalue weighted by molar-refractivity contribution is 5.83. The monoisotopic (exact) mass is 538 g/mol. The maximum atomic E-state index is 12.1. The van der Waals surface area contributed by atoms with Crippen LogP contribution >= 0.6 is 0 Å². The third-order valence-electron chi connectivity index (χ3n) is 6.77. The fraction of sp³-hybridized carbons (Fsp3) is 0.267. The first kappa shape index (κ1) is 26.7. The molecule has 2 aromatic carbocycles. The summed E-state index contributed by atoms with van der Waals surface area (Å²) in [6.07, 6.45) is 2.72. The molecular weight excluding hydrogens is 508 g/mol. The predicted molar refractivity (Wildman–Crippen MR) is 149 cm³/mol. The van der Waals surface area contributed by atoms with E-state index in [-0.39, 0.29) is 25.0 Å². The lowest BCUT2D eigenvalue weighted by Gasteiger charge is -2.28. The van der Waals surface area contributed by atoms with Crippen molar-refractivity contribution in [2.75, 3.05) is 10.6 Å². The Morgan fingerprint density at radius 2 is 1.07 bits per heavy atom. The van der Waals surface area contributed by atoms with Crippen LogP contribution in [-0.2, 0) is 22.7 Å². The number of hydrogen-bond donors (Lipinski definition) is 2. The number of hydrogen-bond acceptors (Lipinski definition) is 8. The van der Waals surface area contributed by atoms with E-state index in [1.165, 1.54) is 0 Å². The molecule has 1 aliphatic carbocycles. The van der Waals surface area contributed by atoms with Gasteiger partial charge in [-0.05, 0) is 54.7 Å². The SMILES string of the molecule is O=C(Nc1ccc(C2CCCC(c3ccc(NC(=O)OCc4ccccc4)nn3)C2)nn1)OCc1ccccc1. The van der Waals surface area contributed by atoms with Gasteiger partial charge in [0.25, 0.3) is 0 Å². The molecule has 2 N–H and O–H groups in total. The molecule has 2 heterocycles. The van der Waals surface area contributed by atoms with Gasteiger partial charge in [0, 0.05) is 11.8 Å². The second kappa shape index (κ2) is 13.3. The third kappa shape index (κ3) is 7.59. The summed E-state index contributed by atoms with van der Waals surface area (Å²) in [5.74, 6) is 1.12. The minimum Gasteiger partial charge on any atom is -0.444 e. The molecule has 1 saturated carbocycles. The first-order chi connectivity index (χ1) is 19.6. The van der Waals surface area contributed by atoms with Crippen molar-refractivity contribution in [1.29, 1.82) is 0 Å². The fourth-order valence-electron chi connectivity index (χ4n) is 4.71. The average Bonchev–Trinajstić information content (AvgIpc) is 3.01. The van der Waals surface area contributed by atoms with Gasteiger partial charge in [0.2, 0.25) is 0 Å². The Hall–Kier alpha value is -4.86. The third-order valence-corrected chi connectivity index (χ3v) is 6.77. The Labute approximate surface area is 232 Å². The maximum Gasteiger partial charge on any atom is 0.413 e. The van der Waals surface area contributed by atoms with Gasteiger partial charge in [-0.3, -0.25) is 10.6 Å². The van der Waals surface area contributed by atoms with Crippen LogP contribution in [0.3, 0.4) is 0 Å². The highest BCUT2D eigenvalue weighted by atomic mass is 16.6. The van der Waals surface area contributed by atoms with Crippen LogP contribution in [-0.4, -0.2) is 32.6 Å². The van der Waals surface area contributed by atoms with Crippen LogP contribution in [0.4, 0.5) is 21.2 Å². The zero-order valence-electron chi connectivity index (χ0n) is 21.9. The summed E-state index contributed by atoms with van der Waals surface area (Å²) >= 11 is 0. The molecule has 10 nitrogen and oxygen atoms in total. The van der Waals surface area contributed by atoms with Gasteiger partial charge < -0.3 is 9.47 Å².